The minimum atomic E-state index is -4.47. The molecule has 0 saturated heterocycles. The van der Waals surface area contributed by atoms with Crippen molar-refractivity contribution in [2.75, 3.05) is 5.32 Å². The number of alkyl halides is 3. The summed E-state index contributed by atoms with van der Waals surface area (Å²) >= 11 is 2.83. The van der Waals surface area contributed by atoms with Crippen molar-refractivity contribution < 1.29 is 18.0 Å². The molecule has 2 aromatic carbocycles. The molecule has 4 aromatic rings. The fraction of sp³-hybridized carbons (Fsp3) is 0.174. The zero-order valence-corrected chi connectivity index (χ0v) is 18.5. The van der Waals surface area contributed by atoms with E-state index in [-0.39, 0.29) is 11.6 Å². The number of hydrogen-bond donors (Lipinski definition) is 1. The van der Waals surface area contributed by atoms with Gasteiger partial charge in [0.25, 0.3) is 0 Å². The maximum absolute atomic E-state index is 13.0. The molecule has 2 heterocycles. The molecule has 0 saturated carbocycles. The normalized spacial score (nSPS) is 12.6. The summed E-state index contributed by atoms with van der Waals surface area (Å²) in [7, 11) is 0. The fourth-order valence-electron chi connectivity index (χ4n) is 3.13. The SMILES string of the molecule is CCC(Sc1ncnc2sc(-c3ccccc3)cc12)C(=O)Nc1cccc(C(F)(F)F)c1. The number of thioether (sulfide) groups is 1. The Balaban J connectivity index is 1.56. The minimum absolute atomic E-state index is 0.110. The number of nitrogens with one attached hydrogen (secondary N) is 1. The van der Waals surface area contributed by atoms with Crippen LogP contribution in [0.1, 0.15) is 18.9 Å². The van der Waals surface area contributed by atoms with Crippen molar-refractivity contribution in [2.24, 2.45) is 0 Å². The van der Waals surface area contributed by atoms with Crippen LogP contribution in [0.3, 0.4) is 0 Å². The van der Waals surface area contributed by atoms with Crippen LogP contribution in [0.5, 0.6) is 0 Å². The summed E-state index contributed by atoms with van der Waals surface area (Å²) in [5.41, 5.74) is 0.375. The van der Waals surface area contributed by atoms with E-state index in [9.17, 15) is 18.0 Å². The zero-order valence-electron chi connectivity index (χ0n) is 16.9. The molecule has 164 valence electrons. The Morgan fingerprint density at radius 1 is 1.09 bits per heavy atom. The molecule has 4 rings (SSSR count). The monoisotopic (exact) mass is 473 g/mol. The second-order valence-corrected chi connectivity index (χ2v) is 9.18. The number of halogens is 3. The number of carbonyl (C=O) groups excluding carboxylic acids is 1. The van der Waals surface area contributed by atoms with E-state index in [1.165, 1.54) is 30.2 Å². The molecule has 32 heavy (non-hydrogen) atoms. The first-order valence-corrected chi connectivity index (χ1v) is 11.5. The second-order valence-electron chi connectivity index (χ2n) is 6.96. The van der Waals surface area contributed by atoms with Crippen LogP contribution in [0.15, 0.2) is 72.0 Å². The third kappa shape index (κ3) is 4.94. The van der Waals surface area contributed by atoms with Gasteiger partial charge in [-0.2, -0.15) is 13.2 Å². The van der Waals surface area contributed by atoms with Crippen molar-refractivity contribution in [1.29, 1.82) is 0 Å². The van der Waals surface area contributed by atoms with Crippen LogP contribution in [0.4, 0.5) is 18.9 Å². The van der Waals surface area contributed by atoms with Crippen molar-refractivity contribution in [1.82, 2.24) is 9.97 Å². The molecule has 1 N–H and O–H groups in total. The Kier molecular flexibility index (Phi) is 6.48. The molecule has 2 aromatic heterocycles. The van der Waals surface area contributed by atoms with Crippen LogP contribution < -0.4 is 5.32 Å². The first-order valence-electron chi connectivity index (χ1n) is 9.80. The lowest BCUT2D eigenvalue weighted by molar-refractivity contribution is -0.137. The van der Waals surface area contributed by atoms with Crippen LogP contribution in [-0.4, -0.2) is 21.1 Å². The molecule has 1 unspecified atom stereocenters. The van der Waals surface area contributed by atoms with Crippen molar-refractivity contribution in [2.45, 2.75) is 29.8 Å². The highest BCUT2D eigenvalue weighted by atomic mass is 32.2. The topological polar surface area (TPSA) is 54.9 Å². The van der Waals surface area contributed by atoms with Crippen LogP contribution in [0.2, 0.25) is 0 Å². The number of nitrogens with zero attached hydrogens (tertiary/aromatic N) is 2. The number of benzene rings is 2. The number of fused-ring (bicyclic) bond motifs is 1. The standard InChI is InChI=1S/C23H18F3N3OS2/c1-2-18(20(30)29-16-10-6-9-15(11-16)23(24,25)26)31-21-17-12-19(14-7-4-3-5-8-14)32-22(17)28-13-27-21/h3-13,18H,2H2,1H3,(H,29,30). The fourth-order valence-corrected chi connectivity index (χ4v) is 5.19. The molecular weight excluding hydrogens is 455 g/mol. The molecule has 0 aliphatic carbocycles. The van der Waals surface area contributed by atoms with E-state index in [1.807, 2.05) is 43.3 Å². The maximum Gasteiger partial charge on any atom is 0.416 e. The summed E-state index contributed by atoms with van der Waals surface area (Å²) in [4.78, 5) is 23.4. The van der Waals surface area contributed by atoms with Crippen LogP contribution in [-0.2, 0) is 11.0 Å². The Morgan fingerprint density at radius 2 is 1.88 bits per heavy atom. The predicted octanol–water partition coefficient (Wildman–Crippen LogP) is 6.89. The molecular formula is C23H18F3N3OS2. The minimum Gasteiger partial charge on any atom is -0.325 e. The first-order chi connectivity index (χ1) is 15.3. The lowest BCUT2D eigenvalue weighted by atomic mass is 10.2. The largest absolute Gasteiger partial charge is 0.416 e. The summed E-state index contributed by atoms with van der Waals surface area (Å²) in [5.74, 6) is -0.373. The van der Waals surface area contributed by atoms with Gasteiger partial charge in [0, 0.05) is 16.0 Å². The number of rotatable bonds is 6. The molecule has 0 fully saturated rings. The van der Waals surface area contributed by atoms with Gasteiger partial charge in [-0.05, 0) is 36.2 Å². The quantitative estimate of drug-likeness (QED) is 0.245. The zero-order chi connectivity index (χ0) is 22.7. The molecule has 0 aliphatic rings. The molecule has 0 spiro atoms. The molecule has 0 bridgehead atoms. The van der Waals surface area contributed by atoms with E-state index >= 15 is 0 Å². The van der Waals surface area contributed by atoms with Crippen molar-refractivity contribution in [3.63, 3.8) is 0 Å². The van der Waals surface area contributed by atoms with Crippen molar-refractivity contribution in [3.8, 4) is 10.4 Å². The lowest BCUT2D eigenvalue weighted by Gasteiger charge is -2.15. The summed E-state index contributed by atoms with van der Waals surface area (Å²) in [5, 5.41) is 3.60. The molecule has 1 amide bonds. The van der Waals surface area contributed by atoms with Crippen molar-refractivity contribution in [3.05, 3.63) is 72.6 Å². The van der Waals surface area contributed by atoms with Gasteiger partial charge in [-0.15, -0.1) is 11.3 Å². The summed E-state index contributed by atoms with van der Waals surface area (Å²) in [6.07, 6.45) is -2.52. The van der Waals surface area contributed by atoms with Gasteiger partial charge in [0.1, 0.15) is 16.2 Å². The van der Waals surface area contributed by atoms with Crippen LogP contribution in [0, 0.1) is 0 Å². The van der Waals surface area contributed by atoms with Crippen molar-refractivity contribution >= 4 is 44.9 Å². The summed E-state index contributed by atoms with van der Waals surface area (Å²) in [6, 6.07) is 16.5. The van der Waals surface area contributed by atoms with Gasteiger partial charge < -0.3 is 5.32 Å². The van der Waals surface area contributed by atoms with Gasteiger partial charge in [-0.25, -0.2) is 9.97 Å². The Labute approximate surface area is 190 Å². The number of carbonyl (C=O) groups is 1. The molecule has 1 atom stereocenters. The van der Waals surface area contributed by atoms with Gasteiger partial charge in [-0.1, -0.05) is 55.1 Å². The van der Waals surface area contributed by atoms with E-state index in [4.69, 9.17) is 0 Å². The molecule has 9 heteroatoms. The number of anilines is 1. The van der Waals surface area contributed by atoms with Crippen LogP contribution in [0.25, 0.3) is 20.7 Å². The first kappa shape index (κ1) is 22.3. The lowest BCUT2D eigenvalue weighted by Crippen LogP contribution is -2.25. The van der Waals surface area contributed by atoms with Gasteiger partial charge in [0.05, 0.1) is 10.8 Å². The van der Waals surface area contributed by atoms with E-state index in [2.05, 4.69) is 15.3 Å². The molecule has 0 radical (unpaired) electrons. The number of hydrogen-bond acceptors (Lipinski definition) is 5. The highest BCUT2D eigenvalue weighted by Gasteiger charge is 2.30. The number of amides is 1. The Hall–Kier alpha value is -2.91. The third-order valence-corrected chi connectivity index (χ3v) is 7.20. The van der Waals surface area contributed by atoms with Gasteiger partial charge >= 0.3 is 6.18 Å². The average Bonchev–Trinajstić information content (AvgIpc) is 3.23. The van der Waals surface area contributed by atoms with E-state index < -0.39 is 17.0 Å². The summed E-state index contributed by atoms with van der Waals surface area (Å²) < 4.78 is 38.9. The smallest absolute Gasteiger partial charge is 0.325 e. The van der Waals surface area contributed by atoms with Crippen LogP contribution >= 0.6 is 23.1 Å². The average molecular weight is 474 g/mol. The maximum atomic E-state index is 13.0. The van der Waals surface area contributed by atoms with E-state index in [0.717, 1.165) is 32.8 Å². The van der Waals surface area contributed by atoms with E-state index in [1.54, 1.807) is 11.3 Å². The Bertz CT molecular complexity index is 1240. The highest BCUT2D eigenvalue weighted by Crippen LogP contribution is 2.38. The number of aromatic nitrogens is 2. The highest BCUT2D eigenvalue weighted by molar-refractivity contribution is 8.00. The molecule has 4 nitrogen and oxygen atoms in total. The summed E-state index contributed by atoms with van der Waals surface area (Å²) in [6.45, 7) is 1.85. The van der Waals surface area contributed by atoms with Gasteiger partial charge in [0.15, 0.2) is 0 Å². The molecule has 0 aliphatic heterocycles. The number of thiophene rings is 1. The second kappa shape index (κ2) is 9.30. The Morgan fingerprint density at radius 3 is 2.59 bits per heavy atom. The van der Waals surface area contributed by atoms with E-state index in [0.29, 0.717) is 11.4 Å². The van der Waals surface area contributed by atoms with Gasteiger partial charge in [-0.3, -0.25) is 4.79 Å². The van der Waals surface area contributed by atoms with Gasteiger partial charge in [0.2, 0.25) is 5.91 Å². The third-order valence-electron chi connectivity index (χ3n) is 4.73. The predicted molar refractivity (Wildman–Crippen MR) is 123 cm³/mol.